The van der Waals surface area contributed by atoms with E-state index < -0.39 is 6.03 Å². The molecule has 8 heteroatoms. The summed E-state index contributed by atoms with van der Waals surface area (Å²) in [7, 11) is 2.06. The van der Waals surface area contributed by atoms with Crippen molar-refractivity contribution in [3.05, 3.63) is 90.0 Å². The highest BCUT2D eigenvalue weighted by atomic mass is 16.5. The zero-order chi connectivity index (χ0) is 27.1. The number of aliphatic hydroxyl groups excluding tert-OH is 1. The largest absolute Gasteiger partial charge is 0.488 e. The summed E-state index contributed by atoms with van der Waals surface area (Å²) in [6, 6.07) is 23.7. The quantitative estimate of drug-likeness (QED) is 0.404. The molecule has 1 aliphatic rings. The average Bonchev–Trinajstić information content (AvgIpc) is 2.91. The van der Waals surface area contributed by atoms with Gasteiger partial charge in [0.15, 0.2) is 0 Å². The molecule has 1 aliphatic heterocycles. The smallest absolute Gasteiger partial charge is 0.323 e. The molecule has 0 saturated heterocycles. The van der Waals surface area contributed by atoms with Crippen molar-refractivity contribution in [2.75, 3.05) is 37.4 Å². The highest BCUT2D eigenvalue weighted by Gasteiger charge is 2.33. The number of carbonyl (C=O) groups is 2. The van der Waals surface area contributed by atoms with E-state index in [0.717, 1.165) is 6.54 Å². The van der Waals surface area contributed by atoms with Crippen LogP contribution < -0.4 is 15.4 Å². The van der Waals surface area contributed by atoms with Crippen LogP contribution in [0.5, 0.6) is 5.75 Å². The maximum atomic E-state index is 13.6. The van der Waals surface area contributed by atoms with Crippen LogP contribution in [0.15, 0.2) is 78.9 Å². The van der Waals surface area contributed by atoms with Gasteiger partial charge in [0.1, 0.15) is 11.9 Å². The number of hydrogen-bond acceptors (Lipinski definition) is 5. The molecule has 0 fully saturated rings. The molecule has 3 atom stereocenters. The summed E-state index contributed by atoms with van der Waals surface area (Å²) in [5.41, 5.74) is 2.70. The number of amides is 3. The molecule has 200 valence electrons. The summed E-state index contributed by atoms with van der Waals surface area (Å²) in [5, 5.41) is 15.5. The van der Waals surface area contributed by atoms with Gasteiger partial charge in [-0.1, -0.05) is 55.5 Å². The molecule has 0 spiro atoms. The Hall–Kier alpha value is -3.88. The maximum Gasteiger partial charge on any atom is 0.323 e. The van der Waals surface area contributed by atoms with Crippen molar-refractivity contribution in [1.29, 1.82) is 0 Å². The van der Waals surface area contributed by atoms with Crippen LogP contribution in [0.3, 0.4) is 0 Å². The van der Waals surface area contributed by atoms with Gasteiger partial charge < -0.3 is 25.4 Å². The standard InChI is InChI=1S/C30H36N4O4/c1-21-17-34(22(2)20-35)29(36)26-16-25(32-30(37)31-24-12-8-5-9-13-24)14-15-27(26)38-28(21)19-33(3)18-23-10-6-4-7-11-23/h4-16,21-22,28,35H,17-20H2,1-3H3,(H2,31,32,37)/t21-,22+,28+/m1/s1. The minimum absolute atomic E-state index is 0.0220. The Bertz CT molecular complexity index is 1220. The van der Waals surface area contributed by atoms with Gasteiger partial charge in [-0.3, -0.25) is 9.69 Å². The molecular weight excluding hydrogens is 480 g/mol. The number of fused-ring (bicyclic) bond motifs is 1. The molecule has 0 radical (unpaired) electrons. The molecule has 0 unspecified atom stereocenters. The van der Waals surface area contributed by atoms with Crippen LogP contribution >= 0.6 is 0 Å². The number of hydrogen-bond donors (Lipinski definition) is 3. The highest BCUT2D eigenvalue weighted by molar-refractivity contribution is 6.02. The number of likely N-dealkylation sites (N-methyl/N-ethyl adjacent to an activating group) is 1. The van der Waals surface area contributed by atoms with Gasteiger partial charge >= 0.3 is 6.03 Å². The third kappa shape index (κ3) is 6.90. The van der Waals surface area contributed by atoms with Crippen LogP contribution in [0.25, 0.3) is 0 Å². The Kier molecular flexibility index (Phi) is 8.99. The topological polar surface area (TPSA) is 94.1 Å². The summed E-state index contributed by atoms with van der Waals surface area (Å²) in [4.78, 5) is 30.1. The maximum absolute atomic E-state index is 13.6. The lowest BCUT2D eigenvalue weighted by Crippen LogP contribution is -2.49. The summed E-state index contributed by atoms with van der Waals surface area (Å²) in [6.07, 6.45) is -0.191. The third-order valence-corrected chi connectivity index (χ3v) is 6.74. The van der Waals surface area contributed by atoms with Crippen molar-refractivity contribution in [2.45, 2.75) is 32.5 Å². The fourth-order valence-electron chi connectivity index (χ4n) is 4.60. The minimum Gasteiger partial charge on any atom is -0.488 e. The number of rotatable bonds is 8. The van der Waals surface area contributed by atoms with Crippen LogP contribution in [0.4, 0.5) is 16.2 Å². The number of anilines is 2. The van der Waals surface area contributed by atoms with E-state index in [0.29, 0.717) is 35.8 Å². The Labute approximate surface area is 224 Å². The molecule has 4 rings (SSSR count). The van der Waals surface area contributed by atoms with E-state index in [1.54, 1.807) is 35.2 Å². The van der Waals surface area contributed by atoms with Gasteiger partial charge in [0.25, 0.3) is 5.91 Å². The van der Waals surface area contributed by atoms with Crippen LogP contribution in [-0.2, 0) is 6.54 Å². The van der Waals surface area contributed by atoms with Crippen LogP contribution in [0.2, 0.25) is 0 Å². The van der Waals surface area contributed by atoms with Gasteiger partial charge in [0.05, 0.1) is 18.2 Å². The van der Waals surface area contributed by atoms with Crippen LogP contribution in [0, 0.1) is 5.92 Å². The first-order valence-corrected chi connectivity index (χ1v) is 12.9. The summed E-state index contributed by atoms with van der Waals surface area (Å²) in [5.74, 6) is 0.245. The molecule has 8 nitrogen and oxygen atoms in total. The predicted octanol–water partition coefficient (Wildman–Crippen LogP) is 4.68. The molecule has 0 aromatic heterocycles. The van der Waals surface area contributed by atoms with E-state index in [-0.39, 0.29) is 30.6 Å². The fraction of sp³-hybridized carbons (Fsp3) is 0.333. The van der Waals surface area contributed by atoms with Crippen molar-refractivity contribution < 1.29 is 19.4 Å². The zero-order valence-electron chi connectivity index (χ0n) is 22.1. The number of aliphatic hydroxyl groups is 1. The number of benzene rings is 3. The Morgan fingerprint density at radius 3 is 2.39 bits per heavy atom. The van der Waals surface area contributed by atoms with Crippen molar-refractivity contribution in [1.82, 2.24) is 9.80 Å². The Morgan fingerprint density at radius 1 is 1.05 bits per heavy atom. The van der Waals surface area contributed by atoms with Crippen LogP contribution in [0.1, 0.15) is 29.8 Å². The van der Waals surface area contributed by atoms with Gasteiger partial charge in [0.2, 0.25) is 0 Å². The summed E-state index contributed by atoms with van der Waals surface area (Å²) in [6.45, 7) is 5.62. The monoisotopic (exact) mass is 516 g/mol. The molecule has 3 aromatic carbocycles. The average molecular weight is 517 g/mol. The van der Waals surface area contributed by atoms with Gasteiger partial charge in [0, 0.05) is 36.9 Å². The van der Waals surface area contributed by atoms with Crippen molar-refractivity contribution in [2.24, 2.45) is 5.92 Å². The van der Waals surface area contributed by atoms with Crippen molar-refractivity contribution >= 4 is 23.3 Å². The van der Waals surface area contributed by atoms with Crippen molar-refractivity contribution in [3.8, 4) is 5.75 Å². The second-order valence-corrected chi connectivity index (χ2v) is 9.96. The molecule has 3 N–H and O–H groups in total. The third-order valence-electron chi connectivity index (χ3n) is 6.74. The first-order chi connectivity index (χ1) is 18.3. The lowest BCUT2D eigenvalue weighted by molar-refractivity contribution is 0.0341. The molecule has 3 amide bonds. The van der Waals surface area contributed by atoms with Gasteiger partial charge in [-0.2, -0.15) is 0 Å². The van der Waals surface area contributed by atoms with E-state index in [1.165, 1.54) is 5.56 Å². The first kappa shape index (κ1) is 27.2. The summed E-state index contributed by atoms with van der Waals surface area (Å²) >= 11 is 0. The van der Waals surface area contributed by atoms with E-state index in [2.05, 4.69) is 41.6 Å². The number of urea groups is 1. The molecule has 1 heterocycles. The molecule has 0 bridgehead atoms. The first-order valence-electron chi connectivity index (χ1n) is 12.9. The lowest BCUT2D eigenvalue weighted by Gasteiger charge is -2.38. The van der Waals surface area contributed by atoms with Gasteiger partial charge in [-0.25, -0.2) is 4.79 Å². The van der Waals surface area contributed by atoms with Gasteiger partial charge in [-0.15, -0.1) is 0 Å². The SMILES string of the molecule is C[C@@H]1CN([C@@H](C)CO)C(=O)c2cc(NC(=O)Nc3ccccc3)ccc2O[C@H]1CN(C)Cc1ccccc1. The normalized spacial score (nSPS) is 18.1. The molecule has 38 heavy (non-hydrogen) atoms. The Balaban J connectivity index is 1.56. The predicted molar refractivity (Wildman–Crippen MR) is 149 cm³/mol. The number of nitrogens with zero attached hydrogens (tertiary/aromatic N) is 2. The van der Waals surface area contributed by atoms with Crippen LogP contribution in [-0.4, -0.2) is 65.7 Å². The van der Waals surface area contributed by atoms with E-state index in [1.807, 2.05) is 43.3 Å². The van der Waals surface area contributed by atoms with Gasteiger partial charge in [-0.05, 0) is 49.9 Å². The zero-order valence-corrected chi connectivity index (χ0v) is 22.1. The van der Waals surface area contributed by atoms with E-state index in [9.17, 15) is 14.7 Å². The second-order valence-electron chi connectivity index (χ2n) is 9.96. The number of ether oxygens (including phenoxy) is 1. The molecular formula is C30H36N4O4. The highest BCUT2D eigenvalue weighted by Crippen LogP contribution is 2.31. The fourth-order valence-corrected chi connectivity index (χ4v) is 4.60. The minimum atomic E-state index is -0.412. The Morgan fingerprint density at radius 2 is 1.71 bits per heavy atom. The number of para-hydroxylation sites is 1. The molecule has 0 aliphatic carbocycles. The summed E-state index contributed by atoms with van der Waals surface area (Å²) < 4.78 is 6.47. The number of carbonyl (C=O) groups excluding carboxylic acids is 2. The van der Waals surface area contributed by atoms with Crippen molar-refractivity contribution in [3.63, 3.8) is 0 Å². The number of nitrogens with one attached hydrogen (secondary N) is 2. The molecule has 0 saturated carbocycles. The second kappa shape index (κ2) is 12.6. The molecule has 3 aromatic rings. The van der Waals surface area contributed by atoms with E-state index in [4.69, 9.17) is 4.74 Å². The van der Waals surface area contributed by atoms with E-state index >= 15 is 0 Å². The lowest BCUT2D eigenvalue weighted by atomic mass is 9.99.